The van der Waals surface area contributed by atoms with E-state index in [1.165, 1.54) is 4.88 Å². The fourth-order valence-electron chi connectivity index (χ4n) is 3.14. The van der Waals surface area contributed by atoms with E-state index in [2.05, 4.69) is 27.7 Å². The molecule has 0 atom stereocenters. The van der Waals surface area contributed by atoms with Crippen LogP contribution in [0, 0.1) is 0 Å². The van der Waals surface area contributed by atoms with Gasteiger partial charge in [-0.1, -0.05) is 17.7 Å². The Morgan fingerprint density at radius 3 is 2.46 bits per heavy atom. The van der Waals surface area contributed by atoms with Gasteiger partial charge in [0, 0.05) is 48.3 Å². The molecule has 1 aromatic heterocycles. The zero-order chi connectivity index (χ0) is 19.9. The number of nitrogens with zero attached hydrogens (tertiary/aromatic N) is 3. The standard InChI is InChI=1S/C20H25ClN4O2S/c1-23(14-19(26)22-17-6-4-16(21)5-7-17)15-20(27)25-10-8-24(9-11-25)13-18-3-2-12-28-18/h2-7,12H,8-11,13-15H2,1H3,(H,22,26). The zero-order valence-electron chi connectivity index (χ0n) is 15.9. The highest BCUT2D eigenvalue weighted by Crippen LogP contribution is 2.14. The van der Waals surface area contributed by atoms with Gasteiger partial charge in [0.1, 0.15) is 0 Å². The average molecular weight is 421 g/mol. The van der Waals surface area contributed by atoms with Gasteiger partial charge in [0.25, 0.3) is 0 Å². The van der Waals surface area contributed by atoms with Crippen LogP contribution in [0.25, 0.3) is 0 Å². The van der Waals surface area contributed by atoms with E-state index in [-0.39, 0.29) is 24.9 Å². The number of carbonyl (C=O) groups excluding carboxylic acids is 2. The maximum atomic E-state index is 12.5. The van der Waals surface area contributed by atoms with E-state index in [0.717, 1.165) is 32.7 Å². The largest absolute Gasteiger partial charge is 0.339 e. The SMILES string of the molecule is CN(CC(=O)Nc1ccc(Cl)cc1)CC(=O)N1CCN(Cc2cccs2)CC1. The lowest BCUT2D eigenvalue weighted by atomic mass is 10.3. The molecule has 3 rings (SSSR count). The van der Waals surface area contributed by atoms with Crippen LogP contribution in [0.1, 0.15) is 4.88 Å². The first-order valence-electron chi connectivity index (χ1n) is 9.26. The van der Waals surface area contributed by atoms with E-state index in [0.29, 0.717) is 10.7 Å². The monoisotopic (exact) mass is 420 g/mol. The minimum atomic E-state index is -0.154. The molecule has 1 aliphatic heterocycles. The number of anilines is 1. The van der Waals surface area contributed by atoms with Crippen LogP contribution in [-0.4, -0.2) is 72.8 Å². The summed E-state index contributed by atoms with van der Waals surface area (Å²) in [6.45, 7) is 4.56. The third-order valence-corrected chi connectivity index (χ3v) is 5.74. The Balaban J connectivity index is 1.38. The topological polar surface area (TPSA) is 55.9 Å². The van der Waals surface area contributed by atoms with E-state index < -0.39 is 0 Å². The predicted octanol–water partition coefficient (Wildman–Crippen LogP) is 2.62. The summed E-state index contributed by atoms with van der Waals surface area (Å²) in [6.07, 6.45) is 0. The molecule has 2 aromatic rings. The van der Waals surface area contributed by atoms with Crippen LogP contribution in [0.5, 0.6) is 0 Å². The summed E-state index contributed by atoms with van der Waals surface area (Å²) in [5.74, 6) is -0.0871. The van der Waals surface area contributed by atoms with E-state index in [1.54, 1.807) is 47.5 Å². The highest BCUT2D eigenvalue weighted by molar-refractivity contribution is 7.09. The van der Waals surface area contributed by atoms with Crippen LogP contribution in [0.15, 0.2) is 41.8 Å². The van der Waals surface area contributed by atoms with Gasteiger partial charge in [0.15, 0.2) is 0 Å². The van der Waals surface area contributed by atoms with Crippen molar-refractivity contribution >= 4 is 40.4 Å². The molecule has 1 aromatic carbocycles. The van der Waals surface area contributed by atoms with Gasteiger partial charge in [-0.25, -0.2) is 0 Å². The number of amides is 2. The van der Waals surface area contributed by atoms with Gasteiger partial charge in [0.05, 0.1) is 13.1 Å². The minimum Gasteiger partial charge on any atom is -0.339 e. The second kappa shape index (κ2) is 10.0. The van der Waals surface area contributed by atoms with Crippen molar-refractivity contribution in [2.75, 3.05) is 51.6 Å². The number of benzene rings is 1. The summed E-state index contributed by atoms with van der Waals surface area (Å²) in [5.41, 5.74) is 0.691. The second-order valence-electron chi connectivity index (χ2n) is 6.96. The molecule has 6 nitrogen and oxygen atoms in total. The third-order valence-electron chi connectivity index (χ3n) is 4.63. The van der Waals surface area contributed by atoms with Crippen molar-refractivity contribution in [1.29, 1.82) is 0 Å². The molecule has 1 fully saturated rings. The molecular formula is C20H25ClN4O2S. The number of halogens is 1. The van der Waals surface area contributed by atoms with Crippen LogP contribution >= 0.6 is 22.9 Å². The Bertz CT molecular complexity index is 774. The van der Waals surface area contributed by atoms with Crippen molar-refractivity contribution in [3.05, 3.63) is 51.7 Å². The number of carbonyl (C=O) groups is 2. The summed E-state index contributed by atoms with van der Waals surface area (Å²) >= 11 is 7.61. The fourth-order valence-corrected chi connectivity index (χ4v) is 4.02. The molecule has 2 heterocycles. The van der Waals surface area contributed by atoms with Gasteiger partial charge in [0.2, 0.25) is 11.8 Å². The Labute approximate surface area is 174 Å². The second-order valence-corrected chi connectivity index (χ2v) is 8.43. The first kappa shape index (κ1) is 20.8. The molecule has 0 bridgehead atoms. The lowest BCUT2D eigenvalue weighted by molar-refractivity contribution is -0.134. The normalized spacial score (nSPS) is 15.0. The van der Waals surface area contributed by atoms with Crippen molar-refractivity contribution in [3.8, 4) is 0 Å². The first-order chi connectivity index (χ1) is 13.5. The number of likely N-dealkylation sites (N-methyl/N-ethyl adjacent to an activating group) is 1. The summed E-state index contributed by atoms with van der Waals surface area (Å²) in [7, 11) is 1.78. The van der Waals surface area contributed by atoms with Crippen LogP contribution in [0.3, 0.4) is 0 Å². The fraction of sp³-hybridized carbons (Fsp3) is 0.400. The summed E-state index contributed by atoms with van der Waals surface area (Å²) in [6, 6.07) is 11.2. The van der Waals surface area contributed by atoms with E-state index in [1.807, 2.05) is 4.90 Å². The minimum absolute atomic E-state index is 0.0672. The smallest absolute Gasteiger partial charge is 0.238 e. The first-order valence-corrected chi connectivity index (χ1v) is 10.5. The van der Waals surface area contributed by atoms with Crippen molar-refractivity contribution in [2.24, 2.45) is 0 Å². The van der Waals surface area contributed by atoms with Gasteiger partial charge >= 0.3 is 0 Å². The maximum Gasteiger partial charge on any atom is 0.238 e. The molecule has 2 amide bonds. The van der Waals surface area contributed by atoms with Gasteiger partial charge in [-0.05, 0) is 42.8 Å². The number of hydrogen-bond acceptors (Lipinski definition) is 5. The lowest BCUT2D eigenvalue weighted by Crippen LogP contribution is -2.50. The number of nitrogens with one attached hydrogen (secondary N) is 1. The highest BCUT2D eigenvalue weighted by atomic mass is 35.5. The molecule has 1 saturated heterocycles. The zero-order valence-corrected chi connectivity index (χ0v) is 17.5. The Morgan fingerprint density at radius 2 is 1.82 bits per heavy atom. The lowest BCUT2D eigenvalue weighted by Gasteiger charge is -2.35. The summed E-state index contributed by atoms with van der Waals surface area (Å²) in [4.78, 5) is 32.0. The van der Waals surface area contributed by atoms with Crippen LogP contribution in [0.4, 0.5) is 5.69 Å². The molecule has 8 heteroatoms. The van der Waals surface area contributed by atoms with E-state index >= 15 is 0 Å². The molecule has 150 valence electrons. The summed E-state index contributed by atoms with van der Waals surface area (Å²) in [5, 5.41) is 5.52. The Hall–Kier alpha value is -1.93. The summed E-state index contributed by atoms with van der Waals surface area (Å²) < 4.78 is 0. The third kappa shape index (κ3) is 6.31. The maximum absolute atomic E-state index is 12.5. The van der Waals surface area contributed by atoms with Crippen molar-refractivity contribution in [1.82, 2.24) is 14.7 Å². The molecule has 0 unspecified atom stereocenters. The number of hydrogen-bond donors (Lipinski definition) is 1. The Kier molecular flexibility index (Phi) is 7.44. The van der Waals surface area contributed by atoms with Gasteiger partial charge in [-0.15, -0.1) is 11.3 Å². The van der Waals surface area contributed by atoms with Gasteiger partial charge in [-0.3, -0.25) is 19.4 Å². The molecule has 1 N–H and O–H groups in total. The Morgan fingerprint density at radius 1 is 1.11 bits per heavy atom. The van der Waals surface area contributed by atoms with Gasteiger partial charge < -0.3 is 10.2 Å². The van der Waals surface area contributed by atoms with Crippen molar-refractivity contribution < 1.29 is 9.59 Å². The van der Waals surface area contributed by atoms with Crippen molar-refractivity contribution in [3.63, 3.8) is 0 Å². The van der Waals surface area contributed by atoms with Crippen molar-refractivity contribution in [2.45, 2.75) is 6.54 Å². The molecule has 1 aliphatic rings. The molecule has 0 saturated carbocycles. The van der Waals surface area contributed by atoms with Crippen LogP contribution in [-0.2, 0) is 16.1 Å². The molecular weight excluding hydrogens is 396 g/mol. The highest BCUT2D eigenvalue weighted by Gasteiger charge is 2.22. The molecule has 28 heavy (non-hydrogen) atoms. The predicted molar refractivity (Wildman–Crippen MR) is 114 cm³/mol. The van der Waals surface area contributed by atoms with Crippen LogP contribution < -0.4 is 5.32 Å². The van der Waals surface area contributed by atoms with Crippen LogP contribution in [0.2, 0.25) is 5.02 Å². The van der Waals surface area contributed by atoms with E-state index in [9.17, 15) is 9.59 Å². The molecule has 0 radical (unpaired) electrons. The molecule has 0 aliphatic carbocycles. The average Bonchev–Trinajstić information content (AvgIpc) is 3.17. The number of rotatable bonds is 7. The quantitative estimate of drug-likeness (QED) is 0.748. The number of thiophene rings is 1. The van der Waals surface area contributed by atoms with E-state index in [4.69, 9.17) is 11.6 Å². The molecule has 0 spiro atoms. The van der Waals surface area contributed by atoms with Gasteiger partial charge in [-0.2, -0.15) is 0 Å². The number of piperazine rings is 1.